The van der Waals surface area contributed by atoms with Crippen LogP contribution in [0.4, 0.5) is 4.39 Å². The average molecular weight is 309 g/mol. The van der Waals surface area contributed by atoms with Gasteiger partial charge >= 0.3 is 0 Å². The molecule has 1 unspecified atom stereocenters. The number of nitrogens with zero attached hydrogens (tertiary/aromatic N) is 2. The summed E-state index contributed by atoms with van der Waals surface area (Å²) >= 11 is 3.50. The number of halogens is 2. The maximum Gasteiger partial charge on any atom is 0.127 e. The van der Waals surface area contributed by atoms with Gasteiger partial charge in [-0.3, -0.25) is 0 Å². The van der Waals surface area contributed by atoms with Crippen molar-refractivity contribution in [2.75, 3.05) is 0 Å². The van der Waals surface area contributed by atoms with Gasteiger partial charge in [-0.15, -0.1) is 0 Å². The van der Waals surface area contributed by atoms with Gasteiger partial charge in [0.25, 0.3) is 0 Å². The molecule has 1 atom stereocenters. The minimum atomic E-state index is -0.151. The molecule has 0 spiro atoms. The highest BCUT2D eigenvalue weighted by Gasteiger charge is 2.24. The maximum absolute atomic E-state index is 13.3. The molecule has 0 fully saturated rings. The van der Waals surface area contributed by atoms with Crippen molar-refractivity contribution in [3.63, 3.8) is 0 Å². The van der Waals surface area contributed by atoms with Crippen molar-refractivity contribution in [2.24, 2.45) is 0 Å². The third-order valence-electron chi connectivity index (χ3n) is 3.67. The molecule has 1 aromatic heterocycles. The highest BCUT2D eigenvalue weighted by atomic mass is 79.9. The fourth-order valence-electron chi connectivity index (χ4n) is 2.71. The Balaban J connectivity index is 1.93. The van der Waals surface area contributed by atoms with E-state index in [0.29, 0.717) is 5.92 Å². The molecule has 0 saturated heterocycles. The molecule has 3 rings (SSSR count). The second-order valence-corrected chi connectivity index (χ2v) is 5.55. The zero-order valence-corrected chi connectivity index (χ0v) is 11.7. The largest absolute Gasteiger partial charge is 0.331 e. The van der Waals surface area contributed by atoms with E-state index in [1.54, 1.807) is 12.1 Å². The van der Waals surface area contributed by atoms with E-state index in [1.165, 1.54) is 11.8 Å². The Kier molecular flexibility index (Phi) is 2.98. The molecular formula is C14H14BrFN2. The topological polar surface area (TPSA) is 17.8 Å². The summed E-state index contributed by atoms with van der Waals surface area (Å²) in [7, 11) is 0. The highest BCUT2D eigenvalue weighted by molar-refractivity contribution is 9.10. The lowest BCUT2D eigenvalue weighted by Gasteiger charge is -2.25. The minimum Gasteiger partial charge on any atom is -0.331 e. The van der Waals surface area contributed by atoms with Gasteiger partial charge < -0.3 is 4.57 Å². The van der Waals surface area contributed by atoms with Crippen LogP contribution in [0.15, 0.2) is 28.9 Å². The van der Waals surface area contributed by atoms with Crippen LogP contribution in [0.1, 0.15) is 29.4 Å². The van der Waals surface area contributed by atoms with Crippen molar-refractivity contribution in [1.82, 2.24) is 9.55 Å². The van der Waals surface area contributed by atoms with Gasteiger partial charge in [-0.05, 0) is 53.4 Å². The molecule has 0 amide bonds. The summed E-state index contributed by atoms with van der Waals surface area (Å²) in [5.74, 6) is 1.26. The van der Waals surface area contributed by atoms with Crippen LogP contribution in [0.2, 0.25) is 0 Å². The van der Waals surface area contributed by atoms with Crippen molar-refractivity contribution in [1.29, 1.82) is 0 Å². The first-order chi connectivity index (χ1) is 8.65. The fourth-order valence-corrected chi connectivity index (χ4v) is 3.38. The van der Waals surface area contributed by atoms with E-state index in [2.05, 4.69) is 25.5 Å². The SMILES string of the molecule is Cc1nc(Br)c2n1CC(c1cccc(F)c1)CC2. The Morgan fingerprint density at radius 3 is 3.06 bits per heavy atom. The molecule has 0 saturated carbocycles. The number of fused-ring (bicyclic) bond motifs is 1. The zero-order chi connectivity index (χ0) is 12.7. The van der Waals surface area contributed by atoms with Gasteiger partial charge in [0.2, 0.25) is 0 Å². The van der Waals surface area contributed by atoms with Gasteiger partial charge in [0.1, 0.15) is 16.2 Å². The van der Waals surface area contributed by atoms with Crippen LogP contribution in [-0.2, 0) is 13.0 Å². The predicted molar refractivity (Wildman–Crippen MR) is 72.1 cm³/mol. The van der Waals surface area contributed by atoms with Gasteiger partial charge in [0.15, 0.2) is 0 Å². The number of rotatable bonds is 1. The number of imidazole rings is 1. The summed E-state index contributed by atoms with van der Waals surface area (Å²) in [4.78, 5) is 4.44. The highest BCUT2D eigenvalue weighted by Crippen LogP contribution is 2.32. The van der Waals surface area contributed by atoms with Crippen LogP contribution in [-0.4, -0.2) is 9.55 Å². The van der Waals surface area contributed by atoms with Gasteiger partial charge in [0.05, 0.1) is 5.69 Å². The predicted octanol–water partition coefficient (Wildman–Crippen LogP) is 3.82. The molecule has 0 N–H and O–H groups in total. The van der Waals surface area contributed by atoms with Crippen LogP contribution in [0.25, 0.3) is 0 Å². The van der Waals surface area contributed by atoms with Crippen LogP contribution >= 0.6 is 15.9 Å². The third kappa shape index (κ3) is 1.99. The van der Waals surface area contributed by atoms with Crippen LogP contribution < -0.4 is 0 Å². The Morgan fingerprint density at radius 1 is 1.44 bits per heavy atom. The second-order valence-electron chi connectivity index (χ2n) is 4.80. The number of benzene rings is 1. The molecule has 1 aromatic carbocycles. The molecule has 0 bridgehead atoms. The molecule has 1 aliphatic rings. The molecule has 94 valence electrons. The summed E-state index contributed by atoms with van der Waals surface area (Å²) < 4.78 is 16.5. The van der Waals surface area contributed by atoms with E-state index in [-0.39, 0.29) is 5.82 Å². The molecule has 4 heteroatoms. The average Bonchev–Trinajstić information content (AvgIpc) is 2.65. The van der Waals surface area contributed by atoms with Crippen molar-refractivity contribution < 1.29 is 4.39 Å². The lowest BCUT2D eigenvalue weighted by atomic mass is 9.91. The lowest BCUT2D eigenvalue weighted by molar-refractivity contribution is 0.453. The molecule has 2 aromatic rings. The number of hydrogen-bond acceptors (Lipinski definition) is 1. The van der Waals surface area contributed by atoms with E-state index >= 15 is 0 Å². The number of aryl methyl sites for hydroxylation is 1. The molecule has 1 aliphatic heterocycles. The van der Waals surface area contributed by atoms with E-state index in [4.69, 9.17) is 0 Å². The van der Waals surface area contributed by atoms with Crippen molar-refractivity contribution in [2.45, 2.75) is 32.2 Å². The quantitative estimate of drug-likeness (QED) is 0.783. The van der Waals surface area contributed by atoms with Crippen LogP contribution in [0, 0.1) is 12.7 Å². The summed E-state index contributed by atoms with van der Waals surface area (Å²) in [6.07, 6.45) is 2.04. The maximum atomic E-state index is 13.3. The summed E-state index contributed by atoms with van der Waals surface area (Å²) in [6, 6.07) is 6.95. The smallest absolute Gasteiger partial charge is 0.127 e. The Hall–Kier alpha value is -1.16. The van der Waals surface area contributed by atoms with Crippen molar-refractivity contribution in [3.8, 4) is 0 Å². The first kappa shape index (κ1) is 11.9. The van der Waals surface area contributed by atoms with Crippen LogP contribution in [0.3, 0.4) is 0 Å². The third-order valence-corrected chi connectivity index (χ3v) is 4.30. The van der Waals surface area contributed by atoms with Gasteiger partial charge in [-0.2, -0.15) is 0 Å². The number of aromatic nitrogens is 2. The van der Waals surface area contributed by atoms with E-state index in [9.17, 15) is 4.39 Å². The summed E-state index contributed by atoms with van der Waals surface area (Å²) in [5, 5.41) is 0. The monoisotopic (exact) mass is 308 g/mol. The normalized spacial score (nSPS) is 18.7. The molecule has 2 heterocycles. The molecule has 0 aliphatic carbocycles. The lowest BCUT2D eigenvalue weighted by Crippen LogP contribution is -2.19. The summed E-state index contributed by atoms with van der Waals surface area (Å²) in [5.41, 5.74) is 2.35. The molecule has 2 nitrogen and oxygen atoms in total. The van der Waals surface area contributed by atoms with Crippen LogP contribution in [0.5, 0.6) is 0 Å². The standard InChI is InChI=1S/C14H14BrFN2/c1-9-17-14(15)13-6-5-11(8-18(9)13)10-3-2-4-12(16)7-10/h2-4,7,11H,5-6,8H2,1H3. The van der Waals surface area contributed by atoms with Crippen molar-refractivity contribution in [3.05, 3.63) is 51.8 Å². The second kappa shape index (κ2) is 4.50. The summed E-state index contributed by atoms with van der Waals surface area (Å²) in [6.45, 7) is 2.91. The Morgan fingerprint density at radius 2 is 2.28 bits per heavy atom. The number of hydrogen-bond donors (Lipinski definition) is 0. The van der Waals surface area contributed by atoms with E-state index in [1.807, 2.05) is 13.0 Å². The Labute approximate surface area is 114 Å². The van der Waals surface area contributed by atoms with Gasteiger partial charge in [-0.25, -0.2) is 9.37 Å². The molecular weight excluding hydrogens is 295 g/mol. The van der Waals surface area contributed by atoms with E-state index in [0.717, 1.165) is 35.4 Å². The Bertz CT molecular complexity index is 591. The van der Waals surface area contributed by atoms with Crippen molar-refractivity contribution >= 4 is 15.9 Å². The molecule has 18 heavy (non-hydrogen) atoms. The molecule has 0 radical (unpaired) electrons. The minimum absolute atomic E-state index is 0.151. The van der Waals surface area contributed by atoms with Gasteiger partial charge in [0, 0.05) is 12.5 Å². The van der Waals surface area contributed by atoms with E-state index < -0.39 is 0 Å². The van der Waals surface area contributed by atoms with Gasteiger partial charge in [-0.1, -0.05) is 12.1 Å². The zero-order valence-electron chi connectivity index (χ0n) is 10.2. The fraction of sp³-hybridized carbons (Fsp3) is 0.357. The first-order valence-corrected chi connectivity index (χ1v) is 6.91. The first-order valence-electron chi connectivity index (χ1n) is 6.12.